The third-order valence-electron chi connectivity index (χ3n) is 14.9. The Morgan fingerprint density at radius 1 is 0.264 bits per heavy atom. The molecule has 4 saturated carbocycles. The minimum absolute atomic E-state index is 0. The molecule has 4 aliphatic carbocycles. The monoisotopic (exact) mass is 766 g/mol. The number of hydrogen-bond donors (Lipinski definition) is 8. The van der Waals surface area contributed by atoms with Crippen LogP contribution in [-0.2, 0) is 17.1 Å². The van der Waals surface area contributed by atoms with Gasteiger partial charge in [0.15, 0.2) is 0 Å². The number of fused-ring (bicyclic) bond motifs is 20. The quantitative estimate of drug-likeness (QED) is 0.178. The molecule has 53 heavy (non-hydrogen) atoms. The molecule has 2 aromatic rings. The van der Waals surface area contributed by atoms with Crippen LogP contribution in [0.5, 0.6) is 0 Å². The van der Waals surface area contributed by atoms with E-state index in [1.165, 1.54) is 103 Å². The van der Waals surface area contributed by atoms with Crippen molar-refractivity contribution >= 4 is 0 Å². The largest absolute Gasteiger partial charge is 0.286 e. The number of hydrogen-bond acceptors (Lipinski definition) is 10. The molecule has 9 fully saturated rings. The van der Waals surface area contributed by atoms with Crippen molar-refractivity contribution < 1.29 is 17.1 Å². The summed E-state index contributed by atoms with van der Waals surface area (Å²) in [5.74, 6) is 5.97. The molecule has 8 bridgehead atoms. The van der Waals surface area contributed by atoms with Crippen molar-refractivity contribution in [1.82, 2.24) is 52.5 Å². The van der Waals surface area contributed by atoms with Crippen LogP contribution in [0.2, 0.25) is 0 Å². The maximum absolute atomic E-state index is 4.26. The van der Waals surface area contributed by atoms with Crippen LogP contribution in [0.3, 0.4) is 0 Å². The molecule has 8 atom stereocenters. The van der Waals surface area contributed by atoms with E-state index < -0.39 is 0 Å². The summed E-state index contributed by atoms with van der Waals surface area (Å²) in [5.41, 5.74) is 0. The van der Waals surface area contributed by atoms with Crippen molar-refractivity contribution in [3.63, 3.8) is 0 Å². The topological polar surface area (TPSA) is 122 Å². The predicted molar refractivity (Wildman–Crippen MR) is 206 cm³/mol. The maximum atomic E-state index is 4.26. The standard InChI is InChI=1S/C32H56N8.2C5H5N.Fe/c1-2-10-18-17(9-1)25-33-26(18)38-28-21-13-5-6-14-22(21)30(35-28)40-32-24-16-8-7-15-23(24)31(36-32)39-29-20-12-4-3-11-19(20)27(34-29)37-25;2*1-2-4-6-5-3-1;/h17-40H,1-16H2;2*1-5H;. The molecule has 10 nitrogen and oxygen atoms in total. The first kappa shape index (κ1) is 38.4. The van der Waals surface area contributed by atoms with Crippen molar-refractivity contribution in [3.05, 3.63) is 61.2 Å². The normalized spacial score (nSPS) is 45.3. The fraction of sp³-hybridized carbons (Fsp3) is 0.762. The van der Waals surface area contributed by atoms with Gasteiger partial charge in [0.25, 0.3) is 0 Å². The second-order valence-electron chi connectivity index (χ2n) is 17.7. The summed E-state index contributed by atoms with van der Waals surface area (Å²) in [7, 11) is 0. The number of aromatic nitrogens is 2. The maximum Gasteiger partial charge on any atom is 0.0628 e. The van der Waals surface area contributed by atoms with Gasteiger partial charge in [-0.3, -0.25) is 52.5 Å². The molecule has 292 valence electrons. The molecule has 8 unspecified atom stereocenters. The van der Waals surface area contributed by atoms with Crippen LogP contribution in [-0.4, -0.2) is 59.3 Å². The third-order valence-corrected chi connectivity index (χ3v) is 14.9. The Balaban J connectivity index is 0.000000263. The Labute approximate surface area is 329 Å². The Kier molecular flexibility index (Phi) is 13.2. The van der Waals surface area contributed by atoms with Gasteiger partial charge in [-0.15, -0.1) is 0 Å². The zero-order valence-corrected chi connectivity index (χ0v) is 32.7. The first-order valence-electron chi connectivity index (χ1n) is 21.6. The molecule has 0 radical (unpaired) electrons. The van der Waals surface area contributed by atoms with E-state index in [0.717, 1.165) is 47.3 Å². The minimum Gasteiger partial charge on any atom is -0.286 e. The minimum atomic E-state index is 0. The van der Waals surface area contributed by atoms with Gasteiger partial charge in [0.2, 0.25) is 0 Å². The van der Waals surface area contributed by atoms with E-state index in [4.69, 9.17) is 0 Å². The van der Waals surface area contributed by atoms with Gasteiger partial charge in [0.05, 0.1) is 49.3 Å². The number of rotatable bonds is 0. The zero-order valence-electron chi connectivity index (χ0n) is 31.6. The van der Waals surface area contributed by atoms with Gasteiger partial charge in [-0.25, -0.2) is 0 Å². The Hall–Kier alpha value is -1.50. The average molecular weight is 767 g/mol. The first-order chi connectivity index (χ1) is 25.8. The molecule has 7 heterocycles. The van der Waals surface area contributed by atoms with Crippen molar-refractivity contribution in [3.8, 4) is 0 Å². The van der Waals surface area contributed by atoms with Crippen LogP contribution < -0.4 is 42.5 Å². The number of nitrogens with zero attached hydrogens (tertiary/aromatic N) is 2. The fourth-order valence-corrected chi connectivity index (χ4v) is 12.6. The first-order valence-corrected chi connectivity index (χ1v) is 21.6. The second-order valence-corrected chi connectivity index (χ2v) is 17.7. The Bertz CT molecular complexity index is 1080. The molecule has 5 aliphatic heterocycles. The smallest absolute Gasteiger partial charge is 0.0628 e. The molecule has 9 aliphatic rings. The molecular formula is C42H66FeN10. The summed E-state index contributed by atoms with van der Waals surface area (Å²) in [5, 5.41) is 33.8. The van der Waals surface area contributed by atoms with Crippen LogP contribution in [0.1, 0.15) is 103 Å². The molecule has 5 saturated heterocycles. The van der Waals surface area contributed by atoms with Crippen LogP contribution in [0.15, 0.2) is 61.2 Å². The average Bonchev–Trinajstić information content (AvgIpc) is 3.96. The van der Waals surface area contributed by atoms with E-state index in [1.807, 2.05) is 36.4 Å². The fourth-order valence-electron chi connectivity index (χ4n) is 12.6. The van der Waals surface area contributed by atoms with E-state index in [0.29, 0.717) is 49.3 Å². The van der Waals surface area contributed by atoms with E-state index in [9.17, 15) is 0 Å². The number of pyridine rings is 2. The zero-order chi connectivity index (χ0) is 34.7. The number of nitrogens with one attached hydrogen (secondary N) is 8. The van der Waals surface area contributed by atoms with E-state index in [2.05, 4.69) is 52.5 Å². The molecule has 0 amide bonds. The van der Waals surface area contributed by atoms with Crippen molar-refractivity contribution in [2.75, 3.05) is 0 Å². The van der Waals surface area contributed by atoms with Gasteiger partial charge in [0, 0.05) is 41.9 Å². The van der Waals surface area contributed by atoms with Gasteiger partial charge < -0.3 is 0 Å². The van der Waals surface area contributed by atoms with Crippen molar-refractivity contribution in [2.24, 2.45) is 47.3 Å². The summed E-state index contributed by atoms with van der Waals surface area (Å²) in [4.78, 5) is 7.57. The van der Waals surface area contributed by atoms with Gasteiger partial charge in [-0.2, -0.15) is 0 Å². The predicted octanol–water partition coefficient (Wildman–Crippen LogP) is 4.77. The molecular weight excluding hydrogens is 700 g/mol. The van der Waals surface area contributed by atoms with Gasteiger partial charge in [-0.05, 0) is 123 Å². The van der Waals surface area contributed by atoms with Crippen LogP contribution in [0, 0.1) is 47.3 Å². The molecule has 8 N–H and O–H groups in total. The molecule has 2 aromatic heterocycles. The van der Waals surface area contributed by atoms with E-state index in [1.54, 1.807) is 24.8 Å². The molecule has 0 spiro atoms. The SMILES string of the molecule is C1CCC2C3NC(NC4NC(NC5NC(NC6NC(N3)C3CCCCC63)C3CCCCC53)C3CCCCC43)C2C1.[Fe].c1ccncc1.c1ccncc1. The van der Waals surface area contributed by atoms with Crippen LogP contribution in [0.4, 0.5) is 0 Å². The second kappa shape index (κ2) is 18.2. The summed E-state index contributed by atoms with van der Waals surface area (Å²) in [6, 6.07) is 11.4. The van der Waals surface area contributed by atoms with E-state index in [-0.39, 0.29) is 17.1 Å². The summed E-state index contributed by atoms with van der Waals surface area (Å²) >= 11 is 0. The Morgan fingerprint density at radius 3 is 0.547 bits per heavy atom. The molecule has 0 aromatic carbocycles. The third kappa shape index (κ3) is 8.46. The summed E-state index contributed by atoms with van der Waals surface area (Å²) < 4.78 is 0. The molecule has 11 heteroatoms. The van der Waals surface area contributed by atoms with Crippen LogP contribution >= 0.6 is 0 Å². The Morgan fingerprint density at radius 2 is 0.434 bits per heavy atom. The van der Waals surface area contributed by atoms with Crippen LogP contribution in [0.25, 0.3) is 0 Å². The van der Waals surface area contributed by atoms with E-state index >= 15 is 0 Å². The van der Waals surface area contributed by atoms with Crippen molar-refractivity contribution in [1.29, 1.82) is 0 Å². The summed E-state index contributed by atoms with van der Waals surface area (Å²) in [6.45, 7) is 0. The van der Waals surface area contributed by atoms with Gasteiger partial charge in [0.1, 0.15) is 0 Å². The van der Waals surface area contributed by atoms with Crippen molar-refractivity contribution in [2.45, 2.75) is 152 Å². The summed E-state index contributed by atoms with van der Waals surface area (Å²) in [6.07, 6.45) is 32.6. The van der Waals surface area contributed by atoms with Gasteiger partial charge >= 0.3 is 0 Å². The molecule has 11 rings (SSSR count). The van der Waals surface area contributed by atoms with Gasteiger partial charge in [-0.1, -0.05) is 63.5 Å².